The zero-order chi connectivity index (χ0) is 11.6. The molecule has 3 nitrogen and oxygen atoms in total. The van der Waals surface area contributed by atoms with E-state index in [2.05, 4.69) is 4.98 Å². The summed E-state index contributed by atoms with van der Waals surface area (Å²) < 4.78 is 37.6. The lowest BCUT2D eigenvalue weighted by Gasteiger charge is -2.17. The molecule has 15 heavy (non-hydrogen) atoms. The monoisotopic (exact) mass is 215 g/mol. The Hall–Kier alpha value is -1.77. The van der Waals surface area contributed by atoms with Crippen LogP contribution in [0.25, 0.3) is 0 Å². The second-order valence-corrected chi connectivity index (χ2v) is 3.10. The molecule has 1 aromatic heterocycles. The molecule has 1 aromatic rings. The Balaban J connectivity index is 3.37. The van der Waals surface area contributed by atoms with E-state index in [9.17, 15) is 13.2 Å². The number of hydrogen-bond donors (Lipinski definition) is 0. The van der Waals surface area contributed by atoms with E-state index >= 15 is 0 Å². The number of alkyl halides is 3. The van der Waals surface area contributed by atoms with Crippen molar-refractivity contribution in [1.82, 2.24) is 4.98 Å². The minimum Gasteiger partial charge on any atom is -0.362 e. The Morgan fingerprint density at radius 2 is 2.00 bits per heavy atom. The maximum Gasteiger partial charge on any atom is 0.420 e. The highest BCUT2D eigenvalue weighted by Crippen LogP contribution is 2.35. The fraction of sp³-hybridized carbons (Fsp3) is 0.333. The van der Waals surface area contributed by atoms with Gasteiger partial charge in [0.2, 0.25) is 0 Å². The van der Waals surface area contributed by atoms with Crippen LogP contribution >= 0.6 is 0 Å². The van der Waals surface area contributed by atoms with Crippen molar-refractivity contribution in [3.05, 3.63) is 23.4 Å². The highest BCUT2D eigenvalue weighted by molar-refractivity contribution is 5.50. The van der Waals surface area contributed by atoms with Gasteiger partial charge in [-0.15, -0.1) is 0 Å². The van der Waals surface area contributed by atoms with E-state index in [-0.39, 0.29) is 11.4 Å². The van der Waals surface area contributed by atoms with Crippen LogP contribution in [0.3, 0.4) is 0 Å². The summed E-state index contributed by atoms with van der Waals surface area (Å²) in [5.41, 5.74) is -1.00. The fourth-order valence-corrected chi connectivity index (χ4v) is 1.08. The number of pyridine rings is 1. The normalized spacial score (nSPS) is 10.9. The quantitative estimate of drug-likeness (QED) is 0.719. The maximum atomic E-state index is 12.5. The van der Waals surface area contributed by atoms with Crippen molar-refractivity contribution in [3.8, 4) is 6.07 Å². The zero-order valence-electron chi connectivity index (χ0n) is 8.13. The maximum absolute atomic E-state index is 12.5. The molecule has 0 fully saturated rings. The van der Waals surface area contributed by atoms with Crippen molar-refractivity contribution in [2.75, 3.05) is 19.0 Å². The summed E-state index contributed by atoms with van der Waals surface area (Å²) >= 11 is 0. The molecule has 0 saturated heterocycles. The van der Waals surface area contributed by atoms with Gasteiger partial charge in [-0.2, -0.15) is 18.4 Å². The molecular formula is C9H8F3N3. The molecular weight excluding hydrogens is 207 g/mol. The first-order chi connectivity index (χ1) is 6.86. The van der Waals surface area contributed by atoms with Gasteiger partial charge in [0, 0.05) is 20.3 Å². The van der Waals surface area contributed by atoms with E-state index in [4.69, 9.17) is 5.26 Å². The van der Waals surface area contributed by atoms with Crippen LogP contribution in [0.5, 0.6) is 0 Å². The third kappa shape index (κ3) is 2.37. The van der Waals surface area contributed by atoms with E-state index in [1.54, 1.807) is 6.07 Å². The van der Waals surface area contributed by atoms with Crippen LogP contribution < -0.4 is 4.90 Å². The van der Waals surface area contributed by atoms with Gasteiger partial charge in [0.1, 0.15) is 11.9 Å². The van der Waals surface area contributed by atoms with Crippen LogP contribution in [0.2, 0.25) is 0 Å². The average Bonchev–Trinajstić information content (AvgIpc) is 2.15. The minimum atomic E-state index is -4.50. The number of halogens is 3. The highest BCUT2D eigenvalue weighted by Gasteiger charge is 2.35. The standard InChI is InChI=1S/C9H8F3N3/c1-15(2)8-7(9(10,11)12)3-6(4-13)5-14-8/h3,5H,1-2H3. The van der Waals surface area contributed by atoms with Crippen molar-refractivity contribution in [2.24, 2.45) is 0 Å². The number of rotatable bonds is 1. The smallest absolute Gasteiger partial charge is 0.362 e. The van der Waals surface area contributed by atoms with E-state index in [0.717, 1.165) is 12.3 Å². The number of hydrogen-bond acceptors (Lipinski definition) is 3. The lowest BCUT2D eigenvalue weighted by Crippen LogP contribution is -2.18. The molecule has 80 valence electrons. The van der Waals surface area contributed by atoms with Gasteiger partial charge < -0.3 is 4.90 Å². The van der Waals surface area contributed by atoms with Crippen molar-refractivity contribution in [3.63, 3.8) is 0 Å². The summed E-state index contributed by atoms with van der Waals surface area (Å²) in [6, 6.07) is 2.42. The summed E-state index contributed by atoms with van der Waals surface area (Å²) in [4.78, 5) is 4.85. The summed E-state index contributed by atoms with van der Waals surface area (Å²) in [7, 11) is 2.92. The number of aromatic nitrogens is 1. The molecule has 0 unspecified atom stereocenters. The molecule has 0 bridgehead atoms. The van der Waals surface area contributed by atoms with Gasteiger partial charge in [-0.05, 0) is 6.07 Å². The molecule has 0 aliphatic carbocycles. The largest absolute Gasteiger partial charge is 0.420 e. The third-order valence-corrected chi connectivity index (χ3v) is 1.72. The van der Waals surface area contributed by atoms with Gasteiger partial charge in [-0.25, -0.2) is 4.98 Å². The molecule has 0 saturated carbocycles. The molecule has 0 amide bonds. The van der Waals surface area contributed by atoms with Crippen molar-refractivity contribution in [2.45, 2.75) is 6.18 Å². The molecule has 0 radical (unpaired) electrons. The Kier molecular flexibility index (Phi) is 2.84. The number of nitriles is 1. The second kappa shape index (κ2) is 3.77. The first-order valence-electron chi connectivity index (χ1n) is 4.01. The van der Waals surface area contributed by atoms with E-state index in [1.165, 1.54) is 19.0 Å². The average molecular weight is 215 g/mol. The predicted molar refractivity (Wildman–Crippen MR) is 48.3 cm³/mol. The van der Waals surface area contributed by atoms with Gasteiger partial charge in [0.25, 0.3) is 0 Å². The number of anilines is 1. The van der Waals surface area contributed by atoms with Crippen LogP contribution in [0.1, 0.15) is 11.1 Å². The summed E-state index contributed by atoms with van der Waals surface area (Å²) in [5.74, 6) is -0.193. The molecule has 0 aliphatic rings. The van der Waals surface area contributed by atoms with E-state index in [1.807, 2.05) is 0 Å². The Bertz CT molecular complexity index is 404. The van der Waals surface area contributed by atoms with Gasteiger partial charge in [0.15, 0.2) is 0 Å². The fourth-order valence-electron chi connectivity index (χ4n) is 1.08. The number of nitrogens with zero attached hydrogens (tertiary/aromatic N) is 3. The lowest BCUT2D eigenvalue weighted by molar-refractivity contribution is -0.137. The lowest BCUT2D eigenvalue weighted by atomic mass is 10.2. The molecule has 0 atom stereocenters. The molecule has 0 N–H and O–H groups in total. The summed E-state index contributed by atoms with van der Waals surface area (Å²) in [5, 5.41) is 8.49. The zero-order valence-corrected chi connectivity index (χ0v) is 8.13. The third-order valence-electron chi connectivity index (χ3n) is 1.72. The first kappa shape index (κ1) is 11.3. The summed E-state index contributed by atoms with van der Waals surface area (Å²) in [6.07, 6.45) is -3.38. The van der Waals surface area contributed by atoms with Gasteiger partial charge in [0.05, 0.1) is 11.1 Å². The Morgan fingerprint density at radius 1 is 1.40 bits per heavy atom. The first-order valence-corrected chi connectivity index (χ1v) is 4.01. The SMILES string of the molecule is CN(C)c1ncc(C#N)cc1C(F)(F)F. The molecule has 1 heterocycles. The molecule has 1 rings (SSSR count). The Labute approximate surface area is 84.8 Å². The molecule has 6 heteroatoms. The highest BCUT2D eigenvalue weighted by atomic mass is 19.4. The van der Waals surface area contributed by atoms with E-state index in [0.29, 0.717) is 0 Å². The van der Waals surface area contributed by atoms with Crippen LogP contribution in [0, 0.1) is 11.3 Å². The van der Waals surface area contributed by atoms with Crippen LogP contribution in [0.15, 0.2) is 12.3 Å². The van der Waals surface area contributed by atoms with Gasteiger partial charge >= 0.3 is 6.18 Å². The molecule has 0 spiro atoms. The van der Waals surface area contributed by atoms with Crippen molar-refractivity contribution in [1.29, 1.82) is 5.26 Å². The van der Waals surface area contributed by atoms with Crippen molar-refractivity contribution < 1.29 is 13.2 Å². The van der Waals surface area contributed by atoms with Gasteiger partial charge in [-0.3, -0.25) is 0 Å². The predicted octanol–water partition coefficient (Wildman–Crippen LogP) is 2.04. The van der Waals surface area contributed by atoms with Crippen LogP contribution in [0.4, 0.5) is 19.0 Å². The topological polar surface area (TPSA) is 39.9 Å². The van der Waals surface area contributed by atoms with Crippen LogP contribution in [-0.4, -0.2) is 19.1 Å². The minimum absolute atomic E-state index is 0.104. The molecule has 0 aliphatic heterocycles. The Morgan fingerprint density at radius 3 is 2.40 bits per heavy atom. The van der Waals surface area contributed by atoms with E-state index < -0.39 is 11.7 Å². The van der Waals surface area contributed by atoms with Crippen molar-refractivity contribution >= 4 is 5.82 Å². The second-order valence-electron chi connectivity index (χ2n) is 3.10. The summed E-state index contributed by atoms with van der Waals surface area (Å²) in [6.45, 7) is 0. The van der Waals surface area contributed by atoms with Gasteiger partial charge in [-0.1, -0.05) is 0 Å². The van der Waals surface area contributed by atoms with Crippen LogP contribution in [-0.2, 0) is 6.18 Å². The molecule has 0 aromatic carbocycles.